The van der Waals surface area contributed by atoms with Crippen LogP contribution in [-0.2, 0) is 22.4 Å². The molecule has 2 fully saturated rings. The SMILES string of the molecule is O=C(CCO)N(CC1CCN(C2Cc3ccccc3C2)CC1)C[C@@H]1CCCO1. The summed E-state index contributed by atoms with van der Waals surface area (Å²) in [6.45, 7) is 4.52. The summed E-state index contributed by atoms with van der Waals surface area (Å²) in [5.41, 5.74) is 3.04. The van der Waals surface area contributed by atoms with E-state index in [1.165, 1.54) is 24.0 Å². The Kier molecular flexibility index (Phi) is 6.65. The molecule has 2 heterocycles. The first-order chi connectivity index (χ1) is 13.7. The van der Waals surface area contributed by atoms with E-state index in [0.717, 1.165) is 51.9 Å². The molecule has 0 unspecified atom stereocenters. The van der Waals surface area contributed by atoms with Crippen LogP contribution in [0.1, 0.15) is 43.2 Å². The number of hydrogen-bond donors (Lipinski definition) is 1. The highest BCUT2D eigenvalue weighted by atomic mass is 16.5. The van der Waals surface area contributed by atoms with Crippen molar-refractivity contribution in [2.45, 2.75) is 57.1 Å². The lowest BCUT2D eigenvalue weighted by atomic mass is 9.94. The van der Waals surface area contributed by atoms with E-state index in [4.69, 9.17) is 4.74 Å². The number of fused-ring (bicyclic) bond motifs is 1. The maximum atomic E-state index is 12.5. The number of benzene rings is 1. The third kappa shape index (κ3) is 4.76. The van der Waals surface area contributed by atoms with E-state index in [0.29, 0.717) is 18.5 Å². The van der Waals surface area contributed by atoms with Crippen molar-refractivity contribution in [1.82, 2.24) is 9.80 Å². The number of carbonyl (C=O) groups is 1. The first-order valence-corrected chi connectivity index (χ1v) is 11.0. The Bertz CT molecular complexity index is 626. The van der Waals surface area contributed by atoms with Crippen LogP contribution in [0.5, 0.6) is 0 Å². The highest BCUT2D eigenvalue weighted by Gasteiger charge is 2.31. The van der Waals surface area contributed by atoms with Crippen molar-refractivity contribution in [2.75, 3.05) is 39.4 Å². The molecule has 1 amide bonds. The van der Waals surface area contributed by atoms with E-state index in [1.54, 1.807) is 0 Å². The minimum Gasteiger partial charge on any atom is -0.396 e. The third-order valence-electron chi connectivity index (χ3n) is 6.80. The van der Waals surface area contributed by atoms with Crippen LogP contribution < -0.4 is 0 Å². The predicted octanol–water partition coefficient (Wildman–Crippen LogP) is 2.26. The van der Waals surface area contributed by atoms with E-state index in [1.807, 2.05) is 4.90 Å². The second kappa shape index (κ2) is 9.38. The van der Waals surface area contributed by atoms with Gasteiger partial charge in [0.25, 0.3) is 0 Å². The zero-order valence-corrected chi connectivity index (χ0v) is 16.9. The van der Waals surface area contributed by atoms with Gasteiger partial charge in [0.2, 0.25) is 5.91 Å². The van der Waals surface area contributed by atoms with Gasteiger partial charge in [0.05, 0.1) is 12.7 Å². The quantitative estimate of drug-likeness (QED) is 0.781. The number of hydrogen-bond acceptors (Lipinski definition) is 4. The fourth-order valence-corrected chi connectivity index (χ4v) is 5.17. The standard InChI is InChI=1S/C23H34N2O3/c26-12-9-23(27)25(17-22-6-3-13-28-22)16-18-7-10-24(11-8-18)21-14-19-4-1-2-5-20(19)15-21/h1-2,4-5,18,21-22,26H,3,6-17H2/t22-/m0/s1. The van der Waals surface area contributed by atoms with Crippen LogP contribution >= 0.6 is 0 Å². The number of piperidine rings is 1. The molecule has 1 aromatic rings. The van der Waals surface area contributed by atoms with Crippen LogP contribution in [0.2, 0.25) is 0 Å². The average molecular weight is 387 g/mol. The van der Waals surface area contributed by atoms with Crippen LogP contribution in [0.3, 0.4) is 0 Å². The van der Waals surface area contributed by atoms with Crippen molar-refractivity contribution in [3.63, 3.8) is 0 Å². The largest absolute Gasteiger partial charge is 0.396 e. The van der Waals surface area contributed by atoms with Crippen molar-refractivity contribution in [3.05, 3.63) is 35.4 Å². The summed E-state index contributed by atoms with van der Waals surface area (Å²) in [5.74, 6) is 0.635. The van der Waals surface area contributed by atoms with Gasteiger partial charge in [0.1, 0.15) is 0 Å². The fraction of sp³-hybridized carbons (Fsp3) is 0.696. The van der Waals surface area contributed by atoms with Crippen LogP contribution in [0.15, 0.2) is 24.3 Å². The summed E-state index contributed by atoms with van der Waals surface area (Å²) in [6, 6.07) is 9.51. The van der Waals surface area contributed by atoms with Gasteiger partial charge in [-0.2, -0.15) is 0 Å². The topological polar surface area (TPSA) is 53.0 Å². The maximum absolute atomic E-state index is 12.5. The van der Waals surface area contributed by atoms with E-state index in [9.17, 15) is 9.90 Å². The van der Waals surface area contributed by atoms with E-state index in [2.05, 4.69) is 29.2 Å². The zero-order chi connectivity index (χ0) is 19.3. The normalized spacial score (nSPS) is 23.8. The molecule has 0 spiro atoms. The van der Waals surface area contributed by atoms with Gasteiger partial charge in [0, 0.05) is 32.2 Å². The molecule has 2 aliphatic heterocycles. The van der Waals surface area contributed by atoms with Crippen molar-refractivity contribution >= 4 is 5.91 Å². The number of aliphatic hydroxyl groups excluding tert-OH is 1. The highest BCUT2D eigenvalue weighted by molar-refractivity contribution is 5.76. The predicted molar refractivity (Wildman–Crippen MR) is 109 cm³/mol. The summed E-state index contributed by atoms with van der Waals surface area (Å²) in [4.78, 5) is 17.1. The smallest absolute Gasteiger partial charge is 0.224 e. The van der Waals surface area contributed by atoms with Crippen LogP contribution in [0.25, 0.3) is 0 Å². The maximum Gasteiger partial charge on any atom is 0.224 e. The Balaban J connectivity index is 1.28. The minimum atomic E-state index is -0.0679. The Morgan fingerprint density at radius 3 is 2.43 bits per heavy atom. The van der Waals surface area contributed by atoms with Gasteiger partial charge < -0.3 is 14.7 Å². The van der Waals surface area contributed by atoms with Gasteiger partial charge in [-0.25, -0.2) is 0 Å². The van der Waals surface area contributed by atoms with Gasteiger partial charge in [-0.05, 0) is 68.7 Å². The van der Waals surface area contributed by atoms with Gasteiger partial charge >= 0.3 is 0 Å². The molecular weight excluding hydrogens is 352 g/mol. The molecule has 0 aromatic heterocycles. The molecular formula is C23H34N2O3. The minimum absolute atomic E-state index is 0.0679. The zero-order valence-electron chi connectivity index (χ0n) is 16.9. The van der Waals surface area contributed by atoms with Crippen LogP contribution in [0, 0.1) is 5.92 Å². The number of aliphatic hydroxyl groups is 1. The van der Waals surface area contributed by atoms with Gasteiger partial charge in [-0.3, -0.25) is 9.69 Å². The van der Waals surface area contributed by atoms with Crippen molar-refractivity contribution in [1.29, 1.82) is 0 Å². The molecule has 0 radical (unpaired) electrons. The number of nitrogens with zero attached hydrogens (tertiary/aromatic N) is 2. The average Bonchev–Trinajstić information content (AvgIpc) is 3.37. The molecule has 2 saturated heterocycles. The molecule has 28 heavy (non-hydrogen) atoms. The molecule has 0 bridgehead atoms. The molecule has 4 rings (SSSR count). The number of rotatable bonds is 7. The van der Waals surface area contributed by atoms with E-state index >= 15 is 0 Å². The Morgan fingerprint density at radius 1 is 1.11 bits per heavy atom. The molecule has 154 valence electrons. The van der Waals surface area contributed by atoms with Gasteiger partial charge in [-0.1, -0.05) is 24.3 Å². The molecule has 1 aliphatic carbocycles. The summed E-state index contributed by atoms with van der Waals surface area (Å²) in [6.07, 6.45) is 7.22. The van der Waals surface area contributed by atoms with Crippen LogP contribution in [-0.4, -0.2) is 72.4 Å². The molecule has 1 N–H and O–H groups in total. The number of carbonyl (C=O) groups excluding carboxylic acids is 1. The van der Waals surface area contributed by atoms with Crippen molar-refractivity contribution in [2.24, 2.45) is 5.92 Å². The fourth-order valence-electron chi connectivity index (χ4n) is 5.17. The number of likely N-dealkylation sites (tertiary alicyclic amines) is 1. The molecule has 5 heteroatoms. The monoisotopic (exact) mass is 386 g/mol. The molecule has 0 saturated carbocycles. The Labute approximate surface area is 168 Å². The van der Waals surface area contributed by atoms with Crippen LogP contribution in [0.4, 0.5) is 0 Å². The summed E-state index contributed by atoms with van der Waals surface area (Å²) < 4.78 is 5.75. The second-order valence-corrected chi connectivity index (χ2v) is 8.72. The third-order valence-corrected chi connectivity index (χ3v) is 6.80. The van der Waals surface area contributed by atoms with Crippen molar-refractivity contribution < 1.29 is 14.6 Å². The van der Waals surface area contributed by atoms with Gasteiger partial charge in [0.15, 0.2) is 0 Å². The van der Waals surface area contributed by atoms with Crippen molar-refractivity contribution in [3.8, 4) is 0 Å². The first-order valence-electron chi connectivity index (χ1n) is 11.0. The Hall–Kier alpha value is -1.43. The van der Waals surface area contributed by atoms with E-state index < -0.39 is 0 Å². The Morgan fingerprint density at radius 2 is 1.82 bits per heavy atom. The van der Waals surface area contributed by atoms with Gasteiger partial charge in [-0.15, -0.1) is 0 Å². The summed E-state index contributed by atoms with van der Waals surface area (Å²) in [5, 5.41) is 9.20. The lowest BCUT2D eigenvalue weighted by Crippen LogP contribution is -2.46. The lowest BCUT2D eigenvalue weighted by Gasteiger charge is -2.38. The molecule has 1 aromatic carbocycles. The number of ether oxygens (including phenoxy) is 1. The van der Waals surface area contributed by atoms with E-state index in [-0.39, 0.29) is 25.0 Å². The highest BCUT2D eigenvalue weighted by Crippen LogP contribution is 2.29. The summed E-state index contributed by atoms with van der Waals surface area (Å²) in [7, 11) is 0. The molecule has 3 aliphatic rings. The number of amides is 1. The second-order valence-electron chi connectivity index (χ2n) is 8.72. The summed E-state index contributed by atoms with van der Waals surface area (Å²) >= 11 is 0. The molecule has 5 nitrogen and oxygen atoms in total. The lowest BCUT2D eigenvalue weighted by molar-refractivity contribution is -0.134. The molecule has 1 atom stereocenters. The first kappa shape index (κ1) is 19.9.